The summed E-state index contributed by atoms with van der Waals surface area (Å²) in [6.45, 7) is 4.96. The van der Waals surface area contributed by atoms with Crippen molar-refractivity contribution in [3.8, 4) is 0 Å². The summed E-state index contributed by atoms with van der Waals surface area (Å²) < 4.78 is 23.1. The van der Waals surface area contributed by atoms with Crippen molar-refractivity contribution >= 4 is 21.6 Å². The fourth-order valence-electron chi connectivity index (χ4n) is 2.50. The Morgan fingerprint density at radius 1 is 1.32 bits per heavy atom. The van der Waals surface area contributed by atoms with E-state index in [9.17, 15) is 8.42 Å². The Hall–Kier alpha value is 0.260. The second-order valence-electron chi connectivity index (χ2n) is 5.34. The normalized spacial score (nSPS) is 22.3. The van der Waals surface area contributed by atoms with Crippen LogP contribution in [0.25, 0.3) is 0 Å². The number of sulfone groups is 1. The van der Waals surface area contributed by atoms with E-state index in [1.54, 1.807) is 6.92 Å². The first-order chi connectivity index (χ1) is 9.09. The van der Waals surface area contributed by atoms with Gasteiger partial charge in [0.05, 0.1) is 5.75 Å². The van der Waals surface area contributed by atoms with Gasteiger partial charge in [-0.3, -0.25) is 0 Å². The molecule has 0 aromatic heterocycles. The lowest BCUT2D eigenvalue weighted by molar-refractivity contribution is 0.436. The molecule has 0 bridgehead atoms. The zero-order valence-electron chi connectivity index (χ0n) is 12.4. The molecule has 0 saturated carbocycles. The van der Waals surface area contributed by atoms with E-state index in [4.69, 9.17) is 0 Å². The van der Waals surface area contributed by atoms with Gasteiger partial charge in [0.15, 0.2) is 0 Å². The lowest BCUT2D eigenvalue weighted by atomic mass is 10.0. The van der Waals surface area contributed by atoms with Crippen molar-refractivity contribution in [2.45, 2.75) is 63.7 Å². The fourth-order valence-corrected chi connectivity index (χ4v) is 4.87. The largest absolute Gasteiger partial charge is 0.313 e. The van der Waals surface area contributed by atoms with Crippen molar-refractivity contribution in [3.63, 3.8) is 0 Å². The highest BCUT2D eigenvalue weighted by molar-refractivity contribution is 8.00. The van der Waals surface area contributed by atoms with E-state index in [0.29, 0.717) is 17.0 Å². The highest BCUT2D eigenvalue weighted by Crippen LogP contribution is 2.29. The predicted octanol–water partition coefficient (Wildman–Crippen LogP) is 2.86. The molecule has 0 amide bonds. The summed E-state index contributed by atoms with van der Waals surface area (Å²) >= 11 is 2.07. The summed E-state index contributed by atoms with van der Waals surface area (Å²) in [5, 5.41) is 4.31. The van der Waals surface area contributed by atoms with Crippen LogP contribution in [0.3, 0.4) is 0 Å². The molecule has 0 radical (unpaired) electrons. The highest BCUT2D eigenvalue weighted by Gasteiger charge is 2.23. The maximum atomic E-state index is 11.5. The van der Waals surface area contributed by atoms with Gasteiger partial charge in [0, 0.05) is 17.0 Å². The van der Waals surface area contributed by atoms with Crippen LogP contribution < -0.4 is 5.32 Å². The number of hydrogen-bond acceptors (Lipinski definition) is 4. The maximum absolute atomic E-state index is 11.5. The van der Waals surface area contributed by atoms with Gasteiger partial charge in [-0.25, -0.2) is 8.42 Å². The van der Waals surface area contributed by atoms with E-state index >= 15 is 0 Å². The van der Waals surface area contributed by atoms with Gasteiger partial charge in [0.1, 0.15) is 9.84 Å². The zero-order valence-corrected chi connectivity index (χ0v) is 14.0. The predicted molar refractivity (Wildman–Crippen MR) is 85.7 cm³/mol. The highest BCUT2D eigenvalue weighted by atomic mass is 32.2. The molecular weight excluding hydrogens is 278 g/mol. The molecule has 1 aliphatic rings. The molecule has 1 fully saturated rings. The molecule has 0 aromatic carbocycles. The van der Waals surface area contributed by atoms with Crippen molar-refractivity contribution in [1.82, 2.24) is 5.32 Å². The average molecular weight is 308 g/mol. The van der Waals surface area contributed by atoms with Crippen LogP contribution in [0.1, 0.15) is 52.4 Å². The molecule has 3 nitrogen and oxygen atoms in total. The Labute approximate surface area is 123 Å². The molecule has 0 aliphatic carbocycles. The van der Waals surface area contributed by atoms with Crippen LogP contribution in [0.4, 0.5) is 0 Å². The van der Waals surface area contributed by atoms with Gasteiger partial charge in [-0.1, -0.05) is 20.3 Å². The van der Waals surface area contributed by atoms with Crippen molar-refractivity contribution in [2.24, 2.45) is 0 Å². The molecule has 2 atom stereocenters. The molecular formula is C14H29NO2S2. The maximum Gasteiger partial charge on any atom is 0.150 e. The summed E-state index contributed by atoms with van der Waals surface area (Å²) in [5.41, 5.74) is 0. The van der Waals surface area contributed by atoms with Gasteiger partial charge in [0.2, 0.25) is 0 Å². The van der Waals surface area contributed by atoms with Crippen LogP contribution in [0.2, 0.25) is 0 Å². The number of rotatable bonds is 9. The third-order valence-electron chi connectivity index (χ3n) is 3.73. The quantitative estimate of drug-likeness (QED) is 0.711. The molecule has 2 unspecified atom stereocenters. The minimum atomic E-state index is -2.80. The first-order valence-electron chi connectivity index (χ1n) is 7.64. The molecule has 19 heavy (non-hydrogen) atoms. The molecule has 1 rings (SSSR count). The number of thioether (sulfide) groups is 1. The molecule has 1 heterocycles. The molecule has 0 spiro atoms. The Morgan fingerprint density at radius 3 is 2.68 bits per heavy atom. The van der Waals surface area contributed by atoms with E-state index in [-0.39, 0.29) is 5.75 Å². The number of hydrogen-bond donors (Lipinski definition) is 1. The first kappa shape index (κ1) is 17.3. The van der Waals surface area contributed by atoms with Gasteiger partial charge in [0.25, 0.3) is 0 Å². The SMILES string of the molecule is CCCNC(CCCS(=O)(=O)CC)C1CCCCS1. The molecule has 114 valence electrons. The van der Waals surface area contributed by atoms with Gasteiger partial charge >= 0.3 is 0 Å². The fraction of sp³-hybridized carbons (Fsp3) is 1.00. The van der Waals surface area contributed by atoms with Crippen molar-refractivity contribution < 1.29 is 8.42 Å². The first-order valence-corrected chi connectivity index (χ1v) is 10.5. The lowest BCUT2D eigenvalue weighted by Crippen LogP contribution is -2.40. The van der Waals surface area contributed by atoms with Gasteiger partial charge < -0.3 is 5.32 Å². The third-order valence-corrected chi connectivity index (χ3v) is 7.04. The number of nitrogens with one attached hydrogen (secondary N) is 1. The van der Waals surface area contributed by atoms with E-state index in [0.717, 1.165) is 25.8 Å². The molecule has 1 saturated heterocycles. The van der Waals surface area contributed by atoms with Crippen LogP contribution in [0, 0.1) is 0 Å². The molecule has 0 aromatic rings. The van der Waals surface area contributed by atoms with Crippen LogP contribution in [0.5, 0.6) is 0 Å². The second-order valence-corrected chi connectivity index (χ2v) is 9.16. The van der Waals surface area contributed by atoms with E-state index in [2.05, 4.69) is 24.0 Å². The van der Waals surface area contributed by atoms with Crippen LogP contribution in [-0.2, 0) is 9.84 Å². The standard InChI is InChI=1S/C14H29NO2S2/c1-3-10-15-13(14-9-5-6-11-18-14)8-7-12-19(16,17)4-2/h13-15H,3-12H2,1-2H3. The van der Waals surface area contributed by atoms with E-state index in [1.165, 1.54) is 25.0 Å². The van der Waals surface area contributed by atoms with Gasteiger partial charge in [-0.2, -0.15) is 11.8 Å². The van der Waals surface area contributed by atoms with Crippen molar-refractivity contribution in [3.05, 3.63) is 0 Å². The lowest BCUT2D eigenvalue weighted by Gasteiger charge is -2.30. The average Bonchev–Trinajstić information content (AvgIpc) is 2.43. The summed E-state index contributed by atoms with van der Waals surface area (Å²) in [5.74, 6) is 1.89. The second kappa shape index (κ2) is 9.24. The monoisotopic (exact) mass is 307 g/mol. The minimum Gasteiger partial charge on any atom is -0.313 e. The van der Waals surface area contributed by atoms with Crippen molar-refractivity contribution in [1.29, 1.82) is 0 Å². The van der Waals surface area contributed by atoms with E-state index < -0.39 is 9.84 Å². The third kappa shape index (κ3) is 7.00. The Balaban J connectivity index is 2.40. The Morgan fingerprint density at radius 2 is 2.11 bits per heavy atom. The zero-order chi connectivity index (χ0) is 14.1. The van der Waals surface area contributed by atoms with Gasteiger partial charge in [-0.05, 0) is 44.4 Å². The van der Waals surface area contributed by atoms with Crippen molar-refractivity contribution in [2.75, 3.05) is 23.8 Å². The Kier molecular flexibility index (Phi) is 8.42. The molecule has 1 aliphatic heterocycles. The minimum absolute atomic E-state index is 0.276. The topological polar surface area (TPSA) is 46.2 Å². The van der Waals surface area contributed by atoms with Gasteiger partial charge in [-0.15, -0.1) is 0 Å². The molecule has 1 N–H and O–H groups in total. The Bertz CT molecular complexity index is 324. The smallest absolute Gasteiger partial charge is 0.150 e. The molecule has 5 heteroatoms. The summed E-state index contributed by atoms with van der Waals surface area (Å²) in [6.07, 6.45) is 6.89. The van der Waals surface area contributed by atoms with Crippen LogP contribution >= 0.6 is 11.8 Å². The summed E-state index contributed by atoms with van der Waals surface area (Å²) in [6, 6.07) is 0.498. The summed E-state index contributed by atoms with van der Waals surface area (Å²) in [4.78, 5) is 0. The van der Waals surface area contributed by atoms with E-state index in [1.807, 2.05) is 0 Å². The summed E-state index contributed by atoms with van der Waals surface area (Å²) in [7, 11) is -2.80. The van der Waals surface area contributed by atoms with Crippen LogP contribution in [0.15, 0.2) is 0 Å². The van der Waals surface area contributed by atoms with Crippen LogP contribution in [-0.4, -0.2) is 43.5 Å².